The molecule has 0 saturated heterocycles. The van der Waals surface area contributed by atoms with Gasteiger partial charge in [-0.1, -0.05) is 12.1 Å². The van der Waals surface area contributed by atoms with Crippen LogP contribution in [-0.2, 0) is 6.54 Å². The minimum absolute atomic E-state index is 0.1000. The van der Waals surface area contributed by atoms with Crippen molar-refractivity contribution in [3.63, 3.8) is 0 Å². The van der Waals surface area contributed by atoms with E-state index in [-0.39, 0.29) is 5.69 Å². The second-order valence-electron chi connectivity index (χ2n) is 3.76. The van der Waals surface area contributed by atoms with Gasteiger partial charge in [-0.2, -0.15) is 5.26 Å². The van der Waals surface area contributed by atoms with E-state index in [2.05, 4.69) is 21.4 Å². The van der Waals surface area contributed by atoms with E-state index < -0.39 is 5.97 Å². The van der Waals surface area contributed by atoms with Crippen LogP contribution >= 0.6 is 0 Å². The highest BCUT2D eigenvalue weighted by Crippen LogP contribution is 2.07. The van der Waals surface area contributed by atoms with E-state index in [9.17, 15) is 4.79 Å². The van der Waals surface area contributed by atoms with Crippen LogP contribution < -0.4 is 5.32 Å². The number of aromatic nitrogens is 2. The molecular formula is C13H10N4O2. The van der Waals surface area contributed by atoms with Crippen LogP contribution in [0.3, 0.4) is 0 Å². The van der Waals surface area contributed by atoms with Crippen LogP contribution in [0, 0.1) is 11.3 Å². The lowest BCUT2D eigenvalue weighted by Crippen LogP contribution is -2.05. The molecule has 6 heteroatoms. The summed E-state index contributed by atoms with van der Waals surface area (Å²) in [6, 6.07) is 9.24. The van der Waals surface area contributed by atoms with E-state index in [4.69, 9.17) is 10.4 Å². The average molecular weight is 254 g/mol. The Bertz CT molecular complexity index is 632. The molecule has 0 aliphatic rings. The molecule has 19 heavy (non-hydrogen) atoms. The van der Waals surface area contributed by atoms with E-state index in [0.717, 1.165) is 5.56 Å². The van der Waals surface area contributed by atoms with Gasteiger partial charge < -0.3 is 10.4 Å². The first-order valence-electron chi connectivity index (χ1n) is 5.47. The van der Waals surface area contributed by atoms with Crippen LogP contribution in [0.1, 0.15) is 21.6 Å². The summed E-state index contributed by atoms with van der Waals surface area (Å²) in [6.45, 7) is 0.483. The van der Waals surface area contributed by atoms with Gasteiger partial charge >= 0.3 is 5.97 Å². The molecule has 94 valence electrons. The Kier molecular flexibility index (Phi) is 3.69. The summed E-state index contributed by atoms with van der Waals surface area (Å²) in [4.78, 5) is 18.3. The van der Waals surface area contributed by atoms with Gasteiger partial charge in [0.15, 0.2) is 5.69 Å². The molecule has 0 bridgehead atoms. The number of rotatable bonds is 4. The monoisotopic (exact) mass is 254 g/mol. The molecule has 0 aliphatic heterocycles. The molecule has 2 N–H and O–H groups in total. The van der Waals surface area contributed by atoms with Gasteiger partial charge in [-0.15, -0.1) is 0 Å². The van der Waals surface area contributed by atoms with Crippen molar-refractivity contribution >= 4 is 11.8 Å². The van der Waals surface area contributed by atoms with Gasteiger partial charge in [-0.3, -0.25) is 0 Å². The van der Waals surface area contributed by atoms with Crippen LogP contribution in [0.25, 0.3) is 0 Å². The van der Waals surface area contributed by atoms with E-state index >= 15 is 0 Å². The maximum absolute atomic E-state index is 10.6. The maximum Gasteiger partial charge on any atom is 0.356 e. The number of aromatic carboxylic acids is 1. The highest BCUT2D eigenvalue weighted by molar-refractivity contribution is 5.84. The van der Waals surface area contributed by atoms with Gasteiger partial charge in [-0.05, 0) is 17.7 Å². The third-order valence-electron chi connectivity index (χ3n) is 2.40. The summed E-state index contributed by atoms with van der Waals surface area (Å²) in [5, 5.41) is 20.5. The predicted octanol–water partition coefficient (Wildman–Crippen LogP) is 1.66. The minimum atomic E-state index is -1.11. The summed E-state index contributed by atoms with van der Waals surface area (Å²) < 4.78 is 0. The SMILES string of the molecule is N#Cc1cccc(CNc2cnc(C(=O)O)cn2)c1. The van der Waals surface area contributed by atoms with E-state index in [1.807, 2.05) is 6.07 Å². The Morgan fingerprint density at radius 2 is 2.21 bits per heavy atom. The lowest BCUT2D eigenvalue weighted by Gasteiger charge is -2.05. The minimum Gasteiger partial charge on any atom is -0.476 e. The zero-order valence-electron chi connectivity index (χ0n) is 9.87. The number of nitrogens with zero attached hydrogens (tertiary/aromatic N) is 3. The van der Waals surface area contributed by atoms with Gasteiger partial charge in [-0.25, -0.2) is 14.8 Å². The molecule has 1 heterocycles. The van der Waals surface area contributed by atoms with Crippen molar-refractivity contribution in [3.8, 4) is 6.07 Å². The standard InChI is InChI=1S/C13H10N4O2/c14-5-9-2-1-3-10(4-9)6-16-12-8-15-11(7-17-12)13(18)19/h1-4,7-8H,6H2,(H,16,17)(H,18,19). The maximum atomic E-state index is 10.6. The molecule has 0 spiro atoms. The van der Waals surface area contributed by atoms with Crippen molar-refractivity contribution in [1.29, 1.82) is 5.26 Å². The van der Waals surface area contributed by atoms with E-state index in [1.54, 1.807) is 18.2 Å². The summed E-state index contributed by atoms with van der Waals surface area (Å²) in [5.41, 5.74) is 1.42. The first-order chi connectivity index (χ1) is 9.19. The van der Waals surface area contributed by atoms with E-state index in [0.29, 0.717) is 17.9 Å². The highest BCUT2D eigenvalue weighted by atomic mass is 16.4. The highest BCUT2D eigenvalue weighted by Gasteiger charge is 2.04. The van der Waals surface area contributed by atoms with Crippen LogP contribution in [0.15, 0.2) is 36.7 Å². The van der Waals surface area contributed by atoms with Crippen LogP contribution in [0.5, 0.6) is 0 Å². The Labute approximate surface area is 109 Å². The van der Waals surface area contributed by atoms with Crippen molar-refractivity contribution in [3.05, 3.63) is 53.5 Å². The number of nitriles is 1. The smallest absolute Gasteiger partial charge is 0.356 e. The first kappa shape index (κ1) is 12.5. The normalized spacial score (nSPS) is 9.63. The van der Waals surface area contributed by atoms with Gasteiger partial charge in [0.25, 0.3) is 0 Å². The Hall–Kier alpha value is -2.94. The second-order valence-corrected chi connectivity index (χ2v) is 3.76. The number of hydrogen-bond donors (Lipinski definition) is 2. The molecule has 0 amide bonds. The molecule has 0 saturated carbocycles. The van der Waals surface area contributed by atoms with E-state index in [1.165, 1.54) is 12.4 Å². The fourth-order valence-electron chi connectivity index (χ4n) is 1.47. The Balaban J connectivity index is 2.02. The van der Waals surface area contributed by atoms with Crippen LogP contribution in [-0.4, -0.2) is 21.0 Å². The van der Waals surface area contributed by atoms with Crippen molar-refractivity contribution < 1.29 is 9.90 Å². The zero-order chi connectivity index (χ0) is 13.7. The molecule has 6 nitrogen and oxygen atoms in total. The summed E-state index contributed by atoms with van der Waals surface area (Å²) >= 11 is 0. The summed E-state index contributed by atoms with van der Waals surface area (Å²) in [5.74, 6) is -0.631. The molecule has 0 fully saturated rings. The first-order valence-corrected chi connectivity index (χ1v) is 5.47. The third-order valence-corrected chi connectivity index (χ3v) is 2.40. The Morgan fingerprint density at radius 3 is 2.84 bits per heavy atom. The van der Waals surface area contributed by atoms with Gasteiger partial charge in [0.05, 0.1) is 24.0 Å². The van der Waals surface area contributed by atoms with Gasteiger partial charge in [0.1, 0.15) is 5.82 Å². The van der Waals surface area contributed by atoms with Crippen molar-refractivity contribution in [2.75, 3.05) is 5.32 Å². The summed E-state index contributed by atoms with van der Waals surface area (Å²) in [7, 11) is 0. The molecule has 2 rings (SSSR count). The number of carboxylic acid groups (broad SMARTS) is 1. The number of benzene rings is 1. The van der Waals surface area contributed by atoms with Crippen molar-refractivity contribution in [1.82, 2.24) is 9.97 Å². The third kappa shape index (κ3) is 3.26. The molecule has 0 unspecified atom stereocenters. The number of nitrogens with one attached hydrogen (secondary N) is 1. The molecule has 1 aromatic carbocycles. The van der Waals surface area contributed by atoms with Crippen molar-refractivity contribution in [2.24, 2.45) is 0 Å². The average Bonchev–Trinajstić information content (AvgIpc) is 2.46. The van der Waals surface area contributed by atoms with Gasteiger partial charge in [0.2, 0.25) is 0 Å². The quantitative estimate of drug-likeness (QED) is 0.860. The predicted molar refractivity (Wildman–Crippen MR) is 67.5 cm³/mol. The van der Waals surface area contributed by atoms with Crippen LogP contribution in [0.4, 0.5) is 5.82 Å². The number of hydrogen-bond acceptors (Lipinski definition) is 5. The number of anilines is 1. The van der Waals surface area contributed by atoms with Crippen LogP contribution in [0.2, 0.25) is 0 Å². The summed E-state index contributed by atoms with van der Waals surface area (Å²) in [6.07, 6.45) is 2.55. The largest absolute Gasteiger partial charge is 0.476 e. The lowest BCUT2D eigenvalue weighted by atomic mass is 10.1. The van der Waals surface area contributed by atoms with Crippen molar-refractivity contribution in [2.45, 2.75) is 6.54 Å². The molecule has 0 aliphatic carbocycles. The second kappa shape index (κ2) is 5.60. The number of carboxylic acids is 1. The molecule has 0 radical (unpaired) electrons. The Morgan fingerprint density at radius 1 is 1.37 bits per heavy atom. The molecule has 1 aromatic heterocycles. The number of carbonyl (C=O) groups is 1. The van der Waals surface area contributed by atoms with Gasteiger partial charge in [0, 0.05) is 6.54 Å². The molecular weight excluding hydrogens is 244 g/mol. The fourth-order valence-corrected chi connectivity index (χ4v) is 1.47. The molecule has 2 aromatic rings. The fraction of sp³-hybridized carbons (Fsp3) is 0.0769. The lowest BCUT2D eigenvalue weighted by molar-refractivity contribution is 0.0690. The molecule has 0 atom stereocenters. The zero-order valence-corrected chi connectivity index (χ0v) is 9.87. The topological polar surface area (TPSA) is 98.9 Å².